The zero-order valence-corrected chi connectivity index (χ0v) is 12.4. The van der Waals surface area contributed by atoms with Crippen LogP contribution in [0.2, 0.25) is 5.02 Å². The predicted molar refractivity (Wildman–Crippen MR) is 79.1 cm³/mol. The highest BCUT2D eigenvalue weighted by molar-refractivity contribution is 7.99. The lowest BCUT2D eigenvalue weighted by atomic mass is 9.93. The van der Waals surface area contributed by atoms with Crippen molar-refractivity contribution in [2.75, 3.05) is 12.8 Å². The van der Waals surface area contributed by atoms with Crippen LogP contribution in [-0.4, -0.2) is 18.3 Å². The number of thioether (sulfide) groups is 1. The highest BCUT2D eigenvalue weighted by atomic mass is 35.5. The molecule has 1 atom stereocenters. The second kappa shape index (κ2) is 7.68. The van der Waals surface area contributed by atoms with Crippen LogP contribution >= 0.6 is 23.4 Å². The van der Waals surface area contributed by atoms with Crippen molar-refractivity contribution in [3.8, 4) is 6.07 Å². The van der Waals surface area contributed by atoms with Crippen molar-refractivity contribution in [1.82, 2.24) is 5.32 Å². The van der Waals surface area contributed by atoms with Crippen LogP contribution in [0.15, 0.2) is 29.2 Å². The molecule has 0 radical (unpaired) electrons. The molecule has 2 nitrogen and oxygen atoms in total. The molecule has 0 aliphatic carbocycles. The summed E-state index contributed by atoms with van der Waals surface area (Å²) in [4.78, 5) is 1.22. The topological polar surface area (TPSA) is 35.8 Å². The Kier molecular flexibility index (Phi) is 6.56. The van der Waals surface area contributed by atoms with Gasteiger partial charge in [0.1, 0.15) is 5.54 Å². The summed E-state index contributed by atoms with van der Waals surface area (Å²) in [6, 6.07) is 10.3. The van der Waals surface area contributed by atoms with Crippen molar-refractivity contribution in [2.45, 2.75) is 36.6 Å². The molecular weight excluding hydrogens is 264 g/mol. The highest BCUT2D eigenvalue weighted by Gasteiger charge is 2.24. The molecule has 0 heterocycles. The van der Waals surface area contributed by atoms with E-state index in [-0.39, 0.29) is 5.54 Å². The van der Waals surface area contributed by atoms with Crippen molar-refractivity contribution in [1.29, 1.82) is 5.26 Å². The fourth-order valence-corrected chi connectivity index (χ4v) is 2.74. The first-order chi connectivity index (χ1) is 8.65. The van der Waals surface area contributed by atoms with E-state index in [1.54, 1.807) is 11.8 Å². The summed E-state index contributed by atoms with van der Waals surface area (Å²) in [5.74, 6) is 1.02. The molecule has 0 fully saturated rings. The smallest absolute Gasteiger partial charge is 0.106 e. The van der Waals surface area contributed by atoms with Crippen LogP contribution in [0.1, 0.15) is 26.2 Å². The summed E-state index contributed by atoms with van der Waals surface area (Å²) >= 11 is 7.64. The molecule has 1 aromatic rings. The Morgan fingerprint density at radius 2 is 2.06 bits per heavy atom. The molecule has 0 aliphatic heterocycles. The quantitative estimate of drug-likeness (QED) is 0.604. The van der Waals surface area contributed by atoms with E-state index in [0.717, 1.165) is 30.0 Å². The van der Waals surface area contributed by atoms with Gasteiger partial charge in [0, 0.05) is 9.92 Å². The summed E-state index contributed by atoms with van der Waals surface area (Å²) < 4.78 is 0. The Morgan fingerprint density at radius 3 is 2.56 bits per heavy atom. The molecule has 0 aromatic heterocycles. The second-order valence-corrected chi connectivity index (χ2v) is 5.81. The summed E-state index contributed by atoms with van der Waals surface area (Å²) in [6.45, 7) is 2.05. The summed E-state index contributed by atoms with van der Waals surface area (Å²) in [5, 5.41) is 13.1. The van der Waals surface area contributed by atoms with Gasteiger partial charge in [-0.2, -0.15) is 5.26 Å². The third-order valence-corrected chi connectivity index (χ3v) is 4.48. The Bertz CT molecular complexity index is 393. The van der Waals surface area contributed by atoms with Gasteiger partial charge in [0.15, 0.2) is 0 Å². The SMILES string of the molecule is CCC(C#N)(CCCSc1ccc(Cl)cc1)NC. The minimum Gasteiger partial charge on any atom is -0.302 e. The van der Waals surface area contributed by atoms with E-state index in [2.05, 4.69) is 11.4 Å². The van der Waals surface area contributed by atoms with Crippen LogP contribution in [0.5, 0.6) is 0 Å². The molecule has 0 aliphatic rings. The lowest BCUT2D eigenvalue weighted by Gasteiger charge is -2.24. The first-order valence-electron chi connectivity index (χ1n) is 6.14. The average Bonchev–Trinajstić information content (AvgIpc) is 2.42. The third kappa shape index (κ3) is 4.53. The minimum atomic E-state index is -0.361. The van der Waals surface area contributed by atoms with E-state index >= 15 is 0 Å². The van der Waals surface area contributed by atoms with Gasteiger partial charge < -0.3 is 5.32 Å². The standard InChI is InChI=1S/C14H19ClN2S/c1-3-14(11-16,17-2)9-4-10-18-13-7-5-12(15)6-8-13/h5-8,17H,3-4,9-10H2,1-2H3. The number of benzene rings is 1. The minimum absolute atomic E-state index is 0.361. The number of nitrogens with one attached hydrogen (secondary N) is 1. The van der Waals surface area contributed by atoms with E-state index in [0.29, 0.717) is 0 Å². The summed E-state index contributed by atoms with van der Waals surface area (Å²) in [7, 11) is 1.86. The van der Waals surface area contributed by atoms with Crippen molar-refractivity contribution in [3.05, 3.63) is 29.3 Å². The van der Waals surface area contributed by atoms with E-state index in [4.69, 9.17) is 11.6 Å². The van der Waals surface area contributed by atoms with Gasteiger partial charge in [0.2, 0.25) is 0 Å². The zero-order valence-electron chi connectivity index (χ0n) is 10.9. The Labute approximate surface area is 119 Å². The number of hydrogen-bond acceptors (Lipinski definition) is 3. The first-order valence-corrected chi connectivity index (χ1v) is 7.50. The molecule has 1 N–H and O–H groups in total. The van der Waals surface area contributed by atoms with Gasteiger partial charge in [-0.1, -0.05) is 18.5 Å². The largest absolute Gasteiger partial charge is 0.302 e. The van der Waals surface area contributed by atoms with E-state index in [9.17, 15) is 5.26 Å². The first kappa shape index (κ1) is 15.4. The summed E-state index contributed by atoms with van der Waals surface area (Å²) in [5.41, 5.74) is -0.361. The molecule has 1 rings (SSSR count). The molecule has 0 spiro atoms. The Balaban J connectivity index is 2.34. The normalized spacial score (nSPS) is 13.9. The van der Waals surface area contributed by atoms with Crippen LogP contribution in [0.3, 0.4) is 0 Å². The monoisotopic (exact) mass is 282 g/mol. The Hall–Kier alpha value is -0.690. The van der Waals surface area contributed by atoms with Crippen LogP contribution in [0, 0.1) is 11.3 Å². The highest BCUT2D eigenvalue weighted by Crippen LogP contribution is 2.23. The molecule has 0 saturated carbocycles. The molecule has 0 amide bonds. The van der Waals surface area contributed by atoms with Crippen molar-refractivity contribution in [2.24, 2.45) is 0 Å². The van der Waals surface area contributed by atoms with Gasteiger partial charge in [0.05, 0.1) is 6.07 Å². The maximum atomic E-state index is 9.19. The van der Waals surface area contributed by atoms with Gasteiger partial charge in [-0.3, -0.25) is 0 Å². The van der Waals surface area contributed by atoms with Crippen molar-refractivity contribution < 1.29 is 0 Å². The lowest BCUT2D eigenvalue weighted by molar-refractivity contribution is 0.400. The summed E-state index contributed by atoms with van der Waals surface area (Å²) in [6.07, 6.45) is 2.75. The average molecular weight is 283 g/mol. The van der Waals surface area contributed by atoms with Crippen LogP contribution in [0.25, 0.3) is 0 Å². The molecule has 0 bridgehead atoms. The number of hydrogen-bond donors (Lipinski definition) is 1. The van der Waals surface area contributed by atoms with Crippen LogP contribution < -0.4 is 5.32 Å². The molecular formula is C14H19ClN2S. The van der Waals surface area contributed by atoms with E-state index in [1.165, 1.54) is 4.90 Å². The van der Waals surface area contributed by atoms with Gasteiger partial charge in [0.25, 0.3) is 0 Å². The molecule has 1 unspecified atom stereocenters. The number of nitriles is 1. The third-order valence-electron chi connectivity index (χ3n) is 3.13. The van der Waals surface area contributed by atoms with Gasteiger partial charge >= 0.3 is 0 Å². The Morgan fingerprint density at radius 1 is 1.39 bits per heavy atom. The molecule has 4 heteroatoms. The number of rotatable bonds is 7. The zero-order chi connectivity index (χ0) is 13.4. The van der Waals surface area contributed by atoms with Crippen molar-refractivity contribution >= 4 is 23.4 Å². The lowest BCUT2D eigenvalue weighted by Crippen LogP contribution is -2.40. The fraction of sp³-hybridized carbons (Fsp3) is 0.500. The molecule has 98 valence electrons. The predicted octanol–water partition coefficient (Wildman–Crippen LogP) is 4.10. The van der Waals surface area contributed by atoms with E-state index < -0.39 is 0 Å². The number of nitrogens with zero attached hydrogens (tertiary/aromatic N) is 1. The van der Waals surface area contributed by atoms with E-state index in [1.807, 2.05) is 38.2 Å². The van der Waals surface area contributed by atoms with Gasteiger partial charge in [-0.15, -0.1) is 11.8 Å². The maximum Gasteiger partial charge on any atom is 0.106 e. The number of halogens is 1. The van der Waals surface area contributed by atoms with Crippen LogP contribution in [0.4, 0.5) is 0 Å². The van der Waals surface area contributed by atoms with Crippen molar-refractivity contribution in [3.63, 3.8) is 0 Å². The molecule has 1 aromatic carbocycles. The van der Waals surface area contributed by atoms with Gasteiger partial charge in [-0.25, -0.2) is 0 Å². The molecule has 18 heavy (non-hydrogen) atoms. The second-order valence-electron chi connectivity index (χ2n) is 4.20. The maximum absolute atomic E-state index is 9.19. The molecule has 0 saturated heterocycles. The van der Waals surface area contributed by atoms with Gasteiger partial charge in [-0.05, 0) is 56.3 Å². The van der Waals surface area contributed by atoms with Crippen LogP contribution in [-0.2, 0) is 0 Å². The fourth-order valence-electron chi connectivity index (χ4n) is 1.76.